The minimum atomic E-state index is -0.860. The van der Waals surface area contributed by atoms with Crippen LogP contribution in [-0.2, 0) is 9.59 Å². The van der Waals surface area contributed by atoms with E-state index in [4.69, 9.17) is 10.2 Å². The molecule has 0 bridgehead atoms. The van der Waals surface area contributed by atoms with Crippen LogP contribution >= 0.6 is 0 Å². The van der Waals surface area contributed by atoms with E-state index in [0.717, 1.165) is 25.8 Å². The van der Waals surface area contributed by atoms with Crippen LogP contribution in [0.5, 0.6) is 0 Å². The monoisotopic (exact) mass is 229 g/mol. The molecule has 1 aliphatic rings. The van der Waals surface area contributed by atoms with Gasteiger partial charge in [0.2, 0.25) is 0 Å². The first-order valence-corrected chi connectivity index (χ1v) is 5.79. The van der Waals surface area contributed by atoms with E-state index < -0.39 is 17.9 Å². The number of piperidine rings is 1. The zero-order valence-electron chi connectivity index (χ0n) is 9.32. The lowest BCUT2D eigenvalue weighted by Gasteiger charge is -2.28. The minimum Gasteiger partial charge on any atom is -0.481 e. The summed E-state index contributed by atoms with van der Waals surface area (Å²) in [5.74, 6) is -2.12. The zero-order valence-corrected chi connectivity index (χ0v) is 9.32. The van der Waals surface area contributed by atoms with Crippen LogP contribution in [0.25, 0.3) is 0 Å². The fourth-order valence-electron chi connectivity index (χ4n) is 2.19. The summed E-state index contributed by atoms with van der Waals surface area (Å²) in [5.41, 5.74) is 0. The van der Waals surface area contributed by atoms with Crippen LogP contribution in [-0.4, -0.2) is 34.7 Å². The predicted octanol–water partition coefficient (Wildman–Crippen LogP) is 1.08. The molecule has 0 radical (unpaired) electrons. The molecular formula is C11H19NO4. The molecule has 0 aliphatic carbocycles. The third-order valence-corrected chi connectivity index (χ3v) is 3.06. The second-order valence-electron chi connectivity index (χ2n) is 4.29. The van der Waals surface area contributed by atoms with Gasteiger partial charge in [-0.25, -0.2) is 0 Å². The van der Waals surface area contributed by atoms with Gasteiger partial charge in [-0.3, -0.25) is 9.59 Å². The number of carboxylic acids is 2. The summed E-state index contributed by atoms with van der Waals surface area (Å²) in [6.45, 7) is 0.868. The summed E-state index contributed by atoms with van der Waals surface area (Å²) in [4.78, 5) is 21.5. The SMILES string of the molecule is O=C(O)CCCC(C(=O)O)C1CCCCN1. The first-order valence-electron chi connectivity index (χ1n) is 5.79. The van der Waals surface area contributed by atoms with Gasteiger partial charge in [0.05, 0.1) is 5.92 Å². The number of rotatable bonds is 6. The highest BCUT2D eigenvalue weighted by atomic mass is 16.4. The first-order chi connectivity index (χ1) is 7.61. The molecule has 0 saturated carbocycles. The molecule has 1 heterocycles. The van der Waals surface area contributed by atoms with Crippen LogP contribution in [0, 0.1) is 5.92 Å². The van der Waals surface area contributed by atoms with Crippen molar-refractivity contribution < 1.29 is 19.8 Å². The van der Waals surface area contributed by atoms with Gasteiger partial charge in [-0.1, -0.05) is 6.42 Å². The van der Waals surface area contributed by atoms with Crippen LogP contribution < -0.4 is 5.32 Å². The van der Waals surface area contributed by atoms with Crippen LogP contribution in [0.2, 0.25) is 0 Å². The van der Waals surface area contributed by atoms with Crippen molar-refractivity contribution in [2.45, 2.75) is 44.6 Å². The number of carbonyl (C=O) groups is 2. The van der Waals surface area contributed by atoms with E-state index in [1.54, 1.807) is 0 Å². The van der Waals surface area contributed by atoms with E-state index in [0.29, 0.717) is 12.8 Å². The molecule has 0 amide bonds. The Morgan fingerprint density at radius 2 is 2.06 bits per heavy atom. The largest absolute Gasteiger partial charge is 0.481 e. The van der Waals surface area contributed by atoms with Crippen molar-refractivity contribution in [3.8, 4) is 0 Å². The predicted molar refractivity (Wildman–Crippen MR) is 58.3 cm³/mol. The Hall–Kier alpha value is -1.10. The number of hydrogen-bond acceptors (Lipinski definition) is 3. The molecule has 0 aromatic heterocycles. The summed E-state index contributed by atoms with van der Waals surface area (Å²) in [6, 6.07) is 0.0139. The highest BCUT2D eigenvalue weighted by Crippen LogP contribution is 2.20. The Kier molecular flexibility index (Phi) is 5.25. The quantitative estimate of drug-likeness (QED) is 0.634. The lowest BCUT2D eigenvalue weighted by Crippen LogP contribution is -2.43. The van der Waals surface area contributed by atoms with E-state index in [-0.39, 0.29) is 12.5 Å². The number of carboxylic acid groups (broad SMARTS) is 2. The molecule has 5 nitrogen and oxygen atoms in total. The van der Waals surface area contributed by atoms with Crippen LogP contribution in [0.4, 0.5) is 0 Å². The van der Waals surface area contributed by atoms with Crippen LogP contribution in [0.15, 0.2) is 0 Å². The second-order valence-corrected chi connectivity index (χ2v) is 4.29. The van der Waals surface area contributed by atoms with Gasteiger partial charge in [-0.2, -0.15) is 0 Å². The molecule has 0 aromatic rings. The van der Waals surface area contributed by atoms with Crippen molar-refractivity contribution in [3.63, 3.8) is 0 Å². The highest BCUT2D eigenvalue weighted by molar-refractivity contribution is 5.71. The lowest BCUT2D eigenvalue weighted by molar-refractivity contribution is -0.144. The van der Waals surface area contributed by atoms with Gasteiger partial charge in [0.25, 0.3) is 0 Å². The van der Waals surface area contributed by atoms with Gasteiger partial charge in [-0.05, 0) is 32.2 Å². The van der Waals surface area contributed by atoms with E-state index in [9.17, 15) is 9.59 Å². The molecule has 1 fully saturated rings. The molecule has 0 spiro atoms. The Balaban J connectivity index is 2.40. The highest BCUT2D eigenvalue weighted by Gasteiger charge is 2.28. The van der Waals surface area contributed by atoms with Crippen molar-refractivity contribution in [1.29, 1.82) is 0 Å². The van der Waals surface area contributed by atoms with Gasteiger partial charge in [0.15, 0.2) is 0 Å². The van der Waals surface area contributed by atoms with Gasteiger partial charge >= 0.3 is 11.9 Å². The van der Waals surface area contributed by atoms with E-state index >= 15 is 0 Å². The van der Waals surface area contributed by atoms with Gasteiger partial charge < -0.3 is 15.5 Å². The van der Waals surface area contributed by atoms with Gasteiger partial charge in [-0.15, -0.1) is 0 Å². The summed E-state index contributed by atoms with van der Waals surface area (Å²) in [6.07, 6.45) is 3.96. The first kappa shape index (κ1) is 13.0. The molecule has 3 N–H and O–H groups in total. The second kappa shape index (κ2) is 6.48. The maximum Gasteiger partial charge on any atom is 0.308 e. The summed E-state index contributed by atoms with van der Waals surface area (Å²) >= 11 is 0. The average Bonchev–Trinajstić information content (AvgIpc) is 2.25. The fourth-order valence-corrected chi connectivity index (χ4v) is 2.19. The molecule has 0 aromatic carbocycles. The van der Waals surface area contributed by atoms with Gasteiger partial charge in [0, 0.05) is 12.5 Å². The minimum absolute atomic E-state index is 0.0139. The maximum atomic E-state index is 11.1. The molecular weight excluding hydrogens is 210 g/mol. The van der Waals surface area contributed by atoms with E-state index in [1.165, 1.54) is 0 Å². The molecule has 92 valence electrons. The van der Waals surface area contributed by atoms with Crippen molar-refractivity contribution >= 4 is 11.9 Å². The van der Waals surface area contributed by atoms with Crippen molar-refractivity contribution in [2.24, 2.45) is 5.92 Å². The standard InChI is InChI=1S/C11H19NO4/c13-10(14)6-3-4-8(11(15)16)9-5-1-2-7-12-9/h8-9,12H,1-7H2,(H,13,14)(H,15,16). The molecule has 1 saturated heterocycles. The Morgan fingerprint density at radius 3 is 2.56 bits per heavy atom. The Morgan fingerprint density at radius 1 is 1.31 bits per heavy atom. The average molecular weight is 229 g/mol. The van der Waals surface area contributed by atoms with Crippen LogP contribution in [0.3, 0.4) is 0 Å². The molecule has 1 rings (SSSR count). The molecule has 2 atom stereocenters. The van der Waals surface area contributed by atoms with Crippen LogP contribution in [0.1, 0.15) is 38.5 Å². The summed E-state index contributed by atoms with van der Waals surface area (Å²) in [5, 5.41) is 20.8. The normalized spacial score (nSPS) is 22.6. The number of aliphatic carboxylic acids is 2. The third-order valence-electron chi connectivity index (χ3n) is 3.06. The third kappa shape index (κ3) is 4.18. The number of nitrogens with one attached hydrogen (secondary N) is 1. The maximum absolute atomic E-state index is 11.1. The molecule has 5 heteroatoms. The van der Waals surface area contributed by atoms with Crippen molar-refractivity contribution in [2.75, 3.05) is 6.54 Å². The van der Waals surface area contributed by atoms with Crippen molar-refractivity contribution in [1.82, 2.24) is 5.32 Å². The molecule has 2 unspecified atom stereocenters. The lowest BCUT2D eigenvalue weighted by atomic mass is 9.88. The Bertz CT molecular complexity index is 248. The number of hydrogen-bond donors (Lipinski definition) is 3. The topological polar surface area (TPSA) is 86.6 Å². The van der Waals surface area contributed by atoms with Gasteiger partial charge in [0.1, 0.15) is 0 Å². The molecule has 16 heavy (non-hydrogen) atoms. The fraction of sp³-hybridized carbons (Fsp3) is 0.818. The summed E-state index contributed by atoms with van der Waals surface area (Å²) < 4.78 is 0. The van der Waals surface area contributed by atoms with Crippen molar-refractivity contribution in [3.05, 3.63) is 0 Å². The van der Waals surface area contributed by atoms with E-state index in [1.807, 2.05) is 0 Å². The Labute approximate surface area is 94.8 Å². The zero-order chi connectivity index (χ0) is 12.0. The smallest absolute Gasteiger partial charge is 0.308 e. The molecule has 1 aliphatic heterocycles. The van der Waals surface area contributed by atoms with E-state index in [2.05, 4.69) is 5.32 Å². The summed E-state index contributed by atoms with van der Waals surface area (Å²) in [7, 11) is 0.